The van der Waals surface area contributed by atoms with Crippen molar-refractivity contribution in [3.05, 3.63) is 65.6 Å². The molecule has 2 atom stereocenters. The summed E-state index contributed by atoms with van der Waals surface area (Å²) in [6.07, 6.45) is 4.13. The van der Waals surface area contributed by atoms with Crippen LogP contribution >= 0.6 is 0 Å². The zero-order valence-corrected chi connectivity index (χ0v) is 18.6. The van der Waals surface area contributed by atoms with Gasteiger partial charge in [-0.05, 0) is 55.4 Å². The summed E-state index contributed by atoms with van der Waals surface area (Å²) < 4.78 is 21.5. The van der Waals surface area contributed by atoms with Crippen LogP contribution in [-0.4, -0.2) is 51.9 Å². The Kier molecular flexibility index (Phi) is 5.38. The van der Waals surface area contributed by atoms with E-state index in [9.17, 15) is 9.18 Å². The maximum absolute atomic E-state index is 13.7. The molecule has 2 aliphatic heterocycles. The highest BCUT2D eigenvalue weighted by Crippen LogP contribution is 2.33. The minimum Gasteiger partial charge on any atom is -0.378 e. The number of carbonyl (C=O) groups is 1. The average molecular weight is 449 g/mol. The molecule has 1 aliphatic carbocycles. The Hall–Kier alpha value is -2.77. The van der Waals surface area contributed by atoms with Crippen molar-refractivity contribution >= 4 is 16.8 Å². The number of halogens is 1. The molecule has 3 aliphatic rings. The van der Waals surface area contributed by atoms with Gasteiger partial charge in [0.2, 0.25) is 0 Å². The Morgan fingerprint density at radius 2 is 1.88 bits per heavy atom. The fourth-order valence-electron chi connectivity index (χ4n) is 5.44. The quantitative estimate of drug-likeness (QED) is 0.624. The molecule has 0 spiro atoms. The first-order valence-electron chi connectivity index (χ1n) is 12.0. The van der Waals surface area contributed by atoms with Crippen LogP contribution in [-0.2, 0) is 17.8 Å². The van der Waals surface area contributed by atoms with Crippen LogP contribution in [0.1, 0.15) is 41.7 Å². The molecule has 1 amide bonds. The maximum Gasteiger partial charge on any atom is 0.272 e. The number of carbonyl (C=O) groups excluding carboxylic acids is 1. The standard InChI is InChI=1S/C26H29FN4O2/c27-19-5-3-4-18(10-19)13-30-21-11-20(12-22(30)16-33-15-21)28-26(32)25-23-6-1-2-7-24(23)31(29-25)14-17-8-9-17/h1-7,10,17,20-22H,8-9,11-16H2,(H,28,32). The molecule has 3 heterocycles. The number of aromatic nitrogens is 2. The smallest absolute Gasteiger partial charge is 0.272 e. The van der Waals surface area contributed by atoms with Gasteiger partial charge in [0.25, 0.3) is 5.91 Å². The number of nitrogens with one attached hydrogen (secondary N) is 1. The van der Waals surface area contributed by atoms with Gasteiger partial charge in [-0.25, -0.2) is 4.39 Å². The van der Waals surface area contributed by atoms with Crippen LogP contribution in [0.4, 0.5) is 4.39 Å². The number of morpholine rings is 1. The van der Waals surface area contributed by atoms with Gasteiger partial charge in [-0.1, -0.05) is 30.3 Å². The predicted molar refractivity (Wildman–Crippen MR) is 123 cm³/mol. The fourth-order valence-corrected chi connectivity index (χ4v) is 5.44. The highest BCUT2D eigenvalue weighted by Gasteiger charge is 2.39. The minimum atomic E-state index is -0.204. The summed E-state index contributed by atoms with van der Waals surface area (Å²) in [5.41, 5.74) is 2.53. The molecule has 2 unspecified atom stereocenters. The number of nitrogens with zero attached hydrogens (tertiary/aromatic N) is 3. The molecule has 2 aromatic carbocycles. The lowest BCUT2D eigenvalue weighted by molar-refractivity contribution is -0.0843. The largest absolute Gasteiger partial charge is 0.378 e. The molecule has 3 aromatic rings. The van der Waals surface area contributed by atoms with E-state index in [1.165, 1.54) is 18.9 Å². The van der Waals surface area contributed by atoms with Crippen LogP contribution in [0.5, 0.6) is 0 Å². The molecule has 6 nitrogen and oxygen atoms in total. The highest BCUT2D eigenvalue weighted by atomic mass is 19.1. The number of rotatable bonds is 6. The SMILES string of the molecule is O=C(NC1CC2COCC(C1)N2Cc1cccc(F)c1)c1nn(CC2CC2)c2ccccc12. The Bertz CT molecular complexity index is 1160. The molecule has 1 saturated carbocycles. The van der Waals surface area contributed by atoms with Gasteiger partial charge in [0.05, 0.1) is 18.7 Å². The number of piperidine rings is 1. The van der Waals surface area contributed by atoms with Crippen molar-refractivity contribution in [1.29, 1.82) is 0 Å². The van der Waals surface area contributed by atoms with Crippen LogP contribution < -0.4 is 5.32 Å². The third-order valence-corrected chi connectivity index (χ3v) is 7.26. The van der Waals surface area contributed by atoms with Crippen molar-refractivity contribution in [2.45, 2.75) is 56.9 Å². The minimum absolute atomic E-state index is 0.0764. The first-order chi connectivity index (χ1) is 16.1. The molecule has 6 rings (SSSR count). The zero-order chi connectivity index (χ0) is 22.4. The molecular formula is C26H29FN4O2. The van der Waals surface area contributed by atoms with E-state index in [4.69, 9.17) is 9.84 Å². The predicted octanol–water partition coefficient (Wildman–Crippen LogP) is 3.75. The van der Waals surface area contributed by atoms with Crippen molar-refractivity contribution in [1.82, 2.24) is 20.0 Å². The van der Waals surface area contributed by atoms with E-state index >= 15 is 0 Å². The third-order valence-electron chi connectivity index (χ3n) is 7.26. The zero-order valence-electron chi connectivity index (χ0n) is 18.6. The third kappa shape index (κ3) is 4.27. The van der Waals surface area contributed by atoms with Crippen molar-refractivity contribution in [2.75, 3.05) is 13.2 Å². The molecule has 7 heteroatoms. The van der Waals surface area contributed by atoms with Crippen molar-refractivity contribution in [3.8, 4) is 0 Å². The van der Waals surface area contributed by atoms with E-state index in [-0.39, 0.29) is 29.8 Å². The Morgan fingerprint density at radius 1 is 1.09 bits per heavy atom. The molecule has 1 N–H and O–H groups in total. The number of amides is 1. The van der Waals surface area contributed by atoms with Crippen LogP contribution in [0.15, 0.2) is 48.5 Å². The lowest BCUT2D eigenvalue weighted by Crippen LogP contribution is -2.60. The summed E-state index contributed by atoms with van der Waals surface area (Å²) in [5, 5.41) is 8.91. The molecule has 3 fully saturated rings. The van der Waals surface area contributed by atoms with Gasteiger partial charge in [-0.15, -0.1) is 0 Å². The van der Waals surface area contributed by atoms with E-state index < -0.39 is 0 Å². The van der Waals surface area contributed by atoms with E-state index in [1.54, 1.807) is 12.1 Å². The van der Waals surface area contributed by atoms with Gasteiger partial charge in [0.1, 0.15) is 5.82 Å². The normalized spacial score (nSPS) is 25.3. The van der Waals surface area contributed by atoms with E-state index in [0.29, 0.717) is 31.4 Å². The number of ether oxygens (including phenoxy) is 1. The fraction of sp³-hybridized carbons (Fsp3) is 0.462. The summed E-state index contributed by atoms with van der Waals surface area (Å²) in [7, 11) is 0. The second-order valence-electron chi connectivity index (χ2n) is 9.78. The van der Waals surface area contributed by atoms with Crippen molar-refractivity contribution < 1.29 is 13.9 Å². The number of para-hydroxylation sites is 1. The number of hydrogen-bond donors (Lipinski definition) is 1. The van der Waals surface area contributed by atoms with Gasteiger partial charge in [-0.2, -0.15) is 5.10 Å². The van der Waals surface area contributed by atoms with Crippen LogP contribution in [0, 0.1) is 11.7 Å². The molecule has 1 aromatic heterocycles. The Morgan fingerprint density at radius 3 is 2.64 bits per heavy atom. The molecular weight excluding hydrogens is 419 g/mol. The summed E-state index contributed by atoms with van der Waals surface area (Å²) in [6, 6.07) is 15.3. The van der Waals surface area contributed by atoms with Crippen LogP contribution in [0.25, 0.3) is 10.9 Å². The second-order valence-corrected chi connectivity index (χ2v) is 9.78. The monoisotopic (exact) mass is 448 g/mol. The lowest BCUT2D eigenvalue weighted by Gasteiger charge is -2.48. The Balaban J connectivity index is 1.17. The lowest BCUT2D eigenvalue weighted by atomic mass is 9.89. The van der Waals surface area contributed by atoms with Gasteiger partial charge in [-0.3, -0.25) is 14.4 Å². The summed E-state index contributed by atoms with van der Waals surface area (Å²) >= 11 is 0. The average Bonchev–Trinajstić information content (AvgIpc) is 3.54. The summed E-state index contributed by atoms with van der Waals surface area (Å²) in [4.78, 5) is 15.7. The molecule has 2 bridgehead atoms. The van der Waals surface area contributed by atoms with Gasteiger partial charge >= 0.3 is 0 Å². The van der Waals surface area contributed by atoms with Gasteiger partial charge in [0, 0.05) is 36.6 Å². The molecule has 172 valence electrons. The Labute approximate surface area is 192 Å². The topological polar surface area (TPSA) is 59.4 Å². The summed E-state index contributed by atoms with van der Waals surface area (Å²) in [5.74, 6) is 0.388. The van der Waals surface area contributed by atoms with Crippen LogP contribution in [0.3, 0.4) is 0 Å². The molecule has 33 heavy (non-hydrogen) atoms. The molecule has 0 radical (unpaired) electrons. The first kappa shape index (κ1) is 20.8. The first-order valence-corrected chi connectivity index (χ1v) is 12.0. The van der Waals surface area contributed by atoms with Crippen LogP contribution in [0.2, 0.25) is 0 Å². The van der Waals surface area contributed by atoms with Crippen molar-refractivity contribution in [3.63, 3.8) is 0 Å². The number of fused-ring (bicyclic) bond motifs is 3. The summed E-state index contributed by atoms with van der Waals surface area (Å²) in [6.45, 7) is 2.86. The highest BCUT2D eigenvalue weighted by molar-refractivity contribution is 6.05. The molecule has 2 saturated heterocycles. The second kappa shape index (κ2) is 8.54. The van der Waals surface area contributed by atoms with Gasteiger partial charge in [0.15, 0.2) is 5.69 Å². The maximum atomic E-state index is 13.7. The van der Waals surface area contributed by atoms with E-state index in [1.807, 2.05) is 35.0 Å². The number of hydrogen-bond acceptors (Lipinski definition) is 4. The van der Waals surface area contributed by atoms with E-state index in [2.05, 4.69) is 10.2 Å². The van der Waals surface area contributed by atoms with E-state index in [0.717, 1.165) is 35.9 Å². The number of benzene rings is 2. The van der Waals surface area contributed by atoms with Crippen molar-refractivity contribution in [2.24, 2.45) is 5.92 Å². The van der Waals surface area contributed by atoms with Gasteiger partial charge < -0.3 is 10.1 Å².